The number of hydrogen-bond donors (Lipinski definition) is 0. The lowest BCUT2D eigenvalue weighted by molar-refractivity contribution is 1.36. The molecular weight excluding hydrogens is 218 g/mol. The molecule has 0 aliphatic heterocycles. The van der Waals surface area contributed by atoms with Crippen LogP contribution in [0, 0.1) is 0 Å². The molecular formula is C12H10N3S+. The number of benzene rings is 2. The maximum atomic E-state index is 8.62. The van der Waals surface area contributed by atoms with Gasteiger partial charge in [-0.15, -0.1) is 0 Å². The molecule has 4 heteroatoms. The third-order valence-corrected chi connectivity index (χ3v) is 3.72. The van der Waals surface area contributed by atoms with Crippen LogP contribution in [0.3, 0.4) is 0 Å². The molecule has 0 aliphatic carbocycles. The van der Waals surface area contributed by atoms with Gasteiger partial charge in [-0.05, 0) is 24.3 Å². The Morgan fingerprint density at radius 1 is 0.812 bits per heavy atom. The normalized spacial score (nSPS) is 9.81. The third-order valence-electron chi connectivity index (χ3n) is 2.05. The van der Waals surface area contributed by atoms with E-state index in [2.05, 4.69) is 9.43 Å². The molecule has 0 heterocycles. The largest absolute Gasteiger partial charge is 0.184 e. The van der Waals surface area contributed by atoms with Gasteiger partial charge in [0.15, 0.2) is 20.9 Å². The Kier molecular flexibility index (Phi) is 3.49. The second-order valence-electron chi connectivity index (χ2n) is 3.08. The van der Waals surface area contributed by atoms with E-state index in [0.29, 0.717) is 0 Å². The highest BCUT2D eigenvalue weighted by atomic mass is 32.2. The summed E-state index contributed by atoms with van der Waals surface area (Å²) in [5.74, 6) is 0. The molecule has 0 unspecified atom stereocenters. The van der Waals surface area contributed by atoms with Crippen LogP contribution in [0.2, 0.25) is 0 Å². The summed E-state index contributed by atoms with van der Waals surface area (Å²) < 4.78 is 3.87. The molecule has 2 rings (SSSR count). The van der Waals surface area contributed by atoms with Crippen LogP contribution < -0.4 is 0 Å². The Morgan fingerprint density at radius 3 is 1.62 bits per heavy atom. The van der Waals surface area contributed by atoms with Crippen LogP contribution in [0.5, 0.6) is 0 Å². The molecule has 0 fully saturated rings. The van der Waals surface area contributed by atoms with Gasteiger partial charge >= 0.3 is 0 Å². The highest BCUT2D eigenvalue weighted by Gasteiger charge is 2.24. The SMILES string of the molecule is [N-]=[N+]=N[S+](c1ccccc1)c1ccccc1. The quantitative estimate of drug-likeness (QED) is 0.330. The van der Waals surface area contributed by atoms with Crippen molar-refractivity contribution in [3.05, 3.63) is 71.1 Å². The fourth-order valence-electron chi connectivity index (χ4n) is 1.37. The molecule has 0 bridgehead atoms. The third kappa shape index (κ3) is 2.37. The van der Waals surface area contributed by atoms with Gasteiger partial charge in [0.1, 0.15) is 4.52 Å². The monoisotopic (exact) mass is 228 g/mol. The van der Waals surface area contributed by atoms with Crippen molar-refractivity contribution in [2.24, 2.45) is 4.52 Å². The van der Waals surface area contributed by atoms with Crippen molar-refractivity contribution in [2.75, 3.05) is 0 Å². The molecule has 0 aromatic heterocycles. The number of hydrogen-bond acceptors (Lipinski definition) is 1. The Hall–Kier alpha value is -1.90. The Balaban J connectivity index is 2.43. The summed E-state index contributed by atoms with van der Waals surface area (Å²) in [7, 11) is 0. The van der Waals surface area contributed by atoms with Crippen molar-refractivity contribution < 1.29 is 0 Å². The molecule has 0 aliphatic rings. The summed E-state index contributed by atoms with van der Waals surface area (Å²) in [6.45, 7) is 0. The molecule has 16 heavy (non-hydrogen) atoms. The standard InChI is InChI=1S/C12H10N3S/c13-14-15-16(11-7-3-1-4-8-11)12-9-5-2-6-10-12/h1-10H/q+1. The molecule has 0 atom stereocenters. The maximum Gasteiger partial charge on any atom is 0.184 e. The second-order valence-corrected chi connectivity index (χ2v) is 4.76. The molecule has 2 aromatic carbocycles. The van der Waals surface area contributed by atoms with Gasteiger partial charge in [-0.3, -0.25) is 0 Å². The van der Waals surface area contributed by atoms with E-state index in [1.54, 1.807) is 0 Å². The van der Waals surface area contributed by atoms with E-state index in [-0.39, 0.29) is 0 Å². The lowest BCUT2D eigenvalue weighted by atomic mass is 10.4. The van der Waals surface area contributed by atoms with Crippen LogP contribution in [-0.2, 0) is 11.1 Å². The number of azide groups is 1. The lowest BCUT2D eigenvalue weighted by Crippen LogP contribution is -1.97. The van der Waals surface area contributed by atoms with Gasteiger partial charge in [0.2, 0.25) is 0 Å². The van der Waals surface area contributed by atoms with E-state index in [1.165, 1.54) is 0 Å². The minimum atomic E-state index is -0.543. The van der Waals surface area contributed by atoms with Gasteiger partial charge in [0, 0.05) is 10.4 Å². The molecule has 0 saturated carbocycles. The fourth-order valence-corrected chi connectivity index (χ4v) is 2.73. The average Bonchev–Trinajstić information content (AvgIpc) is 2.38. The number of rotatable bonds is 3. The van der Waals surface area contributed by atoms with Crippen molar-refractivity contribution in [1.82, 2.24) is 0 Å². The Morgan fingerprint density at radius 2 is 1.25 bits per heavy atom. The summed E-state index contributed by atoms with van der Waals surface area (Å²) >= 11 is -0.543. The van der Waals surface area contributed by atoms with Gasteiger partial charge in [-0.25, -0.2) is 0 Å². The topological polar surface area (TPSA) is 48.8 Å². The van der Waals surface area contributed by atoms with Crippen molar-refractivity contribution >= 4 is 11.1 Å². The predicted octanol–water partition coefficient (Wildman–Crippen LogP) is 3.95. The highest BCUT2D eigenvalue weighted by molar-refractivity contribution is 7.95. The predicted molar refractivity (Wildman–Crippen MR) is 65.9 cm³/mol. The lowest BCUT2D eigenvalue weighted by Gasteiger charge is -1.98. The first kappa shape index (κ1) is 10.6. The van der Waals surface area contributed by atoms with E-state index in [0.717, 1.165) is 9.79 Å². The zero-order chi connectivity index (χ0) is 11.2. The number of nitrogens with zero attached hydrogens (tertiary/aromatic N) is 3. The first-order valence-corrected chi connectivity index (χ1v) is 5.99. The summed E-state index contributed by atoms with van der Waals surface area (Å²) in [4.78, 5) is 4.99. The minimum absolute atomic E-state index is 0.543. The Labute approximate surface area is 96.8 Å². The smallest absolute Gasteiger partial charge is 0.0619 e. The summed E-state index contributed by atoms with van der Waals surface area (Å²) in [5.41, 5.74) is 8.62. The van der Waals surface area contributed by atoms with E-state index in [1.807, 2.05) is 60.7 Å². The summed E-state index contributed by atoms with van der Waals surface area (Å²) in [6, 6.07) is 19.6. The molecule has 0 amide bonds. The minimum Gasteiger partial charge on any atom is -0.0619 e. The van der Waals surface area contributed by atoms with Crippen molar-refractivity contribution in [2.45, 2.75) is 9.79 Å². The van der Waals surface area contributed by atoms with E-state index in [9.17, 15) is 0 Å². The van der Waals surface area contributed by atoms with Crippen LogP contribution in [0.25, 0.3) is 10.4 Å². The molecule has 0 N–H and O–H groups in total. The van der Waals surface area contributed by atoms with E-state index < -0.39 is 11.1 Å². The fraction of sp³-hybridized carbons (Fsp3) is 0. The van der Waals surface area contributed by atoms with Gasteiger partial charge in [0.05, 0.1) is 0 Å². The highest BCUT2D eigenvalue weighted by Crippen LogP contribution is 2.24. The molecule has 0 saturated heterocycles. The Bertz CT molecular complexity index is 453. The van der Waals surface area contributed by atoms with E-state index >= 15 is 0 Å². The van der Waals surface area contributed by atoms with Crippen LogP contribution >= 0.6 is 0 Å². The summed E-state index contributed by atoms with van der Waals surface area (Å²) in [5, 5.41) is 0. The molecule has 0 radical (unpaired) electrons. The maximum absolute atomic E-state index is 8.62. The van der Waals surface area contributed by atoms with Crippen molar-refractivity contribution in [3.8, 4) is 0 Å². The van der Waals surface area contributed by atoms with Crippen LogP contribution in [0.4, 0.5) is 0 Å². The van der Waals surface area contributed by atoms with Gasteiger partial charge in [-0.1, -0.05) is 36.4 Å². The molecule has 78 valence electrons. The second kappa shape index (κ2) is 5.26. The van der Waals surface area contributed by atoms with E-state index in [4.69, 9.17) is 5.53 Å². The first-order valence-electron chi connectivity index (χ1n) is 4.81. The molecule has 2 aromatic rings. The van der Waals surface area contributed by atoms with Gasteiger partial charge in [0.25, 0.3) is 0 Å². The summed E-state index contributed by atoms with van der Waals surface area (Å²) in [6.07, 6.45) is 0. The molecule has 3 nitrogen and oxygen atoms in total. The zero-order valence-electron chi connectivity index (χ0n) is 8.52. The van der Waals surface area contributed by atoms with Crippen molar-refractivity contribution in [1.29, 1.82) is 0 Å². The molecule has 0 spiro atoms. The first-order chi connectivity index (χ1) is 7.92. The van der Waals surface area contributed by atoms with Gasteiger partial charge < -0.3 is 0 Å². The zero-order valence-corrected chi connectivity index (χ0v) is 9.34. The van der Waals surface area contributed by atoms with Gasteiger partial charge in [-0.2, -0.15) is 0 Å². The van der Waals surface area contributed by atoms with Crippen LogP contribution in [0.1, 0.15) is 0 Å². The van der Waals surface area contributed by atoms with Crippen molar-refractivity contribution in [3.63, 3.8) is 0 Å². The average molecular weight is 228 g/mol. The van der Waals surface area contributed by atoms with Crippen LogP contribution in [0.15, 0.2) is 75.0 Å². The van der Waals surface area contributed by atoms with Crippen LogP contribution in [-0.4, -0.2) is 0 Å².